The number of aliphatic carboxylic acids is 1. The van der Waals surface area contributed by atoms with Gasteiger partial charge in [-0.2, -0.15) is 0 Å². The van der Waals surface area contributed by atoms with Crippen molar-refractivity contribution in [2.24, 2.45) is 0 Å². The molecule has 1 aromatic carbocycles. The maximum Gasteiger partial charge on any atom is 0.305 e. The van der Waals surface area contributed by atoms with Crippen LogP contribution in [-0.4, -0.2) is 47.7 Å². The Labute approximate surface area is 130 Å². The topological polar surface area (TPSA) is 66.8 Å². The smallest absolute Gasteiger partial charge is 0.305 e. The van der Waals surface area contributed by atoms with Crippen molar-refractivity contribution in [3.8, 4) is 0 Å². The van der Waals surface area contributed by atoms with Crippen LogP contribution in [0.4, 0.5) is 0 Å². The normalized spacial score (nSPS) is 18.3. The second-order valence-corrected chi connectivity index (χ2v) is 5.84. The summed E-state index contributed by atoms with van der Waals surface area (Å²) in [5, 5.41) is 8.94. The molecular weight excluding hydrogens is 282 g/mol. The van der Waals surface area contributed by atoms with Crippen molar-refractivity contribution in [2.45, 2.75) is 39.2 Å². The minimum atomic E-state index is -0.900. The molecule has 1 unspecified atom stereocenters. The quantitative estimate of drug-likeness (QED) is 0.903. The van der Waals surface area contributed by atoms with Crippen molar-refractivity contribution in [3.63, 3.8) is 0 Å². The van der Waals surface area contributed by atoms with E-state index in [1.807, 2.05) is 6.92 Å². The number of aryl methyl sites for hydroxylation is 3. The number of carbonyl (C=O) groups is 2. The lowest BCUT2D eigenvalue weighted by Crippen LogP contribution is -2.49. The molecule has 1 aromatic rings. The fourth-order valence-corrected chi connectivity index (χ4v) is 2.87. The van der Waals surface area contributed by atoms with Crippen LogP contribution in [0.25, 0.3) is 0 Å². The van der Waals surface area contributed by atoms with Gasteiger partial charge in [0.2, 0.25) is 5.91 Å². The van der Waals surface area contributed by atoms with Crippen LogP contribution in [0, 0.1) is 13.8 Å². The summed E-state index contributed by atoms with van der Waals surface area (Å²) in [6.07, 6.45) is 1.03. The molecule has 1 heterocycles. The molecular formula is C17H23NO4. The fourth-order valence-electron chi connectivity index (χ4n) is 2.87. The second-order valence-electron chi connectivity index (χ2n) is 5.84. The average molecular weight is 305 g/mol. The highest BCUT2D eigenvalue weighted by Gasteiger charge is 2.28. The summed E-state index contributed by atoms with van der Waals surface area (Å²) in [7, 11) is 0. The predicted molar refractivity (Wildman–Crippen MR) is 82.8 cm³/mol. The van der Waals surface area contributed by atoms with Crippen molar-refractivity contribution in [2.75, 3.05) is 19.8 Å². The van der Waals surface area contributed by atoms with E-state index in [2.05, 4.69) is 25.1 Å². The van der Waals surface area contributed by atoms with E-state index in [0.717, 1.165) is 0 Å². The molecule has 5 heteroatoms. The number of carboxylic acids is 1. The summed E-state index contributed by atoms with van der Waals surface area (Å²) >= 11 is 0. The maximum atomic E-state index is 12.4. The third-order valence-corrected chi connectivity index (χ3v) is 4.06. The summed E-state index contributed by atoms with van der Waals surface area (Å²) < 4.78 is 5.30. The number of morpholine rings is 1. The second kappa shape index (κ2) is 7.40. The van der Waals surface area contributed by atoms with E-state index in [1.165, 1.54) is 16.7 Å². The maximum absolute atomic E-state index is 12.4. The van der Waals surface area contributed by atoms with Gasteiger partial charge >= 0.3 is 5.97 Å². The van der Waals surface area contributed by atoms with Gasteiger partial charge < -0.3 is 14.7 Å². The molecule has 120 valence electrons. The van der Waals surface area contributed by atoms with E-state index in [4.69, 9.17) is 9.84 Å². The Hall–Kier alpha value is -1.88. The Bertz CT molecular complexity index is 556. The first-order chi connectivity index (χ1) is 10.5. The largest absolute Gasteiger partial charge is 0.481 e. The highest BCUT2D eigenvalue weighted by atomic mass is 16.5. The average Bonchev–Trinajstić information content (AvgIpc) is 2.46. The van der Waals surface area contributed by atoms with Crippen LogP contribution in [0.1, 0.15) is 29.5 Å². The van der Waals surface area contributed by atoms with Gasteiger partial charge in [0.1, 0.15) is 0 Å². The number of ether oxygens (including phenoxy) is 1. The Morgan fingerprint density at radius 3 is 2.82 bits per heavy atom. The molecule has 1 saturated heterocycles. The lowest BCUT2D eigenvalue weighted by Gasteiger charge is -2.35. The molecule has 0 bridgehead atoms. The molecule has 0 aliphatic carbocycles. The first-order valence-corrected chi connectivity index (χ1v) is 7.62. The molecule has 0 saturated carbocycles. The first-order valence-electron chi connectivity index (χ1n) is 7.62. The molecule has 1 N–H and O–H groups in total. The molecule has 1 fully saturated rings. The number of carboxylic acid groups (broad SMARTS) is 1. The predicted octanol–water partition coefficient (Wildman–Crippen LogP) is 1.94. The van der Waals surface area contributed by atoms with Crippen LogP contribution in [0.15, 0.2) is 18.2 Å². The van der Waals surface area contributed by atoms with Crippen molar-refractivity contribution in [1.82, 2.24) is 4.90 Å². The Kier molecular flexibility index (Phi) is 5.55. The van der Waals surface area contributed by atoms with Crippen LogP contribution in [0.2, 0.25) is 0 Å². The highest BCUT2D eigenvalue weighted by Crippen LogP contribution is 2.16. The van der Waals surface area contributed by atoms with Gasteiger partial charge in [0.05, 0.1) is 25.7 Å². The van der Waals surface area contributed by atoms with Crippen LogP contribution in [0.5, 0.6) is 0 Å². The third-order valence-electron chi connectivity index (χ3n) is 4.06. The van der Waals surface area contributed by atoms with Crippen molar-refractivity contribution in [1.29, 1.82) is 0 Å². The van der Waals surface area contributed by atoms with Crippen LogP contribution < -0.4 is 0 Å². The summed E-state index contributed by atoms with van der Waals surface area (Å²) in [6.45, 7) is 5.36. The zero-order valence-electron chi connectivity index (χ0n) is 13.2. The lowest BCUT2D eigenvalue weighted by atomic mass is 10.0. The molecule has 1 atom stereocenters. The number of hydrogen-bond donors (Lipinski definition) is 1. The number of carbonyl (C=O) groups excluding carboxylic acids is 1. The molecule has 0 aromatic heterocycles. The van der Waals surface area contributed by atoms with Crippen molar-refractivity contribution in [3.05, 3.63) is 34.9 Å². The van der Waals surface area contributed by atoms with Gasteiger partial charge in [-0.05, 0) is 31.4 Å². The molecule has 22 heavy (non-hydrogen) atoms. The minimum Gasteiger partial charge on any atom is -0.481 e. The molecule has 0 radical (unpaired) electrons. The van der Waals surface area contributed by atoms with Crippen LogP contribution in [-0.2, 0) is 20.7 Å². The molecule has 1 aliphatic heterocycles. The molecule has 5 nitrogen and oxygen atoms in total. The zero-order chi connectivity index (χ0) is 16.1. The van der Waals surface area contributed by atoms with Crippen molar-refractivity contribution >= 4 is 11.9 Å². The molecule has 1 amide bonds. The summed E-state index contributed by atoms with van der Waals surface area (Å²) in [5.41, 5.74) is 3.57. The molecule has 0 spiro atoms. The number of rotatable bonds is 5. The monoisotopic (exact) mass is 305 g/mol. The van der Waals surface area contributed by atoms with E-state index >= 15 is 0 Å². The summed E-state index contributed by atoms with van der Waals surface area (Å²) in [4.78, 5) is 25.0. The standard InChI is InChI=1S/C17H23NO4/c1-12-3-4-14(13(2)9-12)5-6-16(19)18-7-8-22-11-15(18)10-17(20)21/h3-4,9,15H,5-8,10-11H2,1-2H3,(H,20,21). The number of hydrogen-bond acceptors (Lipinski definition) is 3. The van der Waals surface area contributed by atoms with E-state index < -0.39 is 5.97 Å². The van der Waals surface area contributed by atoms with E-state index in [0.29, 0.717) is 32.6 Å². The fraction of sp³-hybridized carbons (Fsp3) is 0.529. The highest BCUT2D eigenvalue weighted by molar-refractivity contribution is 5.78. The summed E-state index contributed by atoms with van der Waals surface area (Å²) in [6, 6.07) is 5.88. The van der Waals surface area contributed by atoms with Gasteiger partial charge in [-0.1, -0.05) is 23.8 Å². The Morgan fingerprint density at radius 1 is 1.36 bits per heavy atom. The van der Waals surface area contributed by atoms with Gasteiger partial charge in [0.15, 0.2) is 0 Å². The number of benzene rings is 1. The number of amides is 1. The van der Waals surface area contributed by atoms with Crippen LogP contribution >= 0.6 is 0 Å². The van der Waals surface area contributed by atoms with Crippen molar-refractivity contribution < 1.29 is 19.4 Å². The third kappa shape index (κ3) is 4.31. The number of nitrogens with zero attached hydrogens (tertiary/aromatic N) is 1. The van der Waals surface area contributed by atoms with Gasteiger partial charge in [-0.25, -0.2) is 0 Å². The SMILES string of the molecule is Cc1ccc(CCC(=O)N2CCOCC2CC(=O)O)c(C)c1. The van der Waals surface area contributed by atoms with Crippen LogP contribution in [0.3, 0.4) is 0 Å². The van der Waals surface area contributed by atoms with Gasteiger partial charge in [0, 0.05) is 13.0 Å². The van der Waals surface area contributed by atoms with E-state index in [1.54, 1.807) is 4.90 Å². The van der Waals surface area contributed by atoms with Gasteiger partial charge in [-0.3, -0.25) is 9.59 Å². The van der Waals surface area contributed by atoms with Gasteiger partial charge in [-0.15, -0.1) is 0 Å². The Morgan fingerprint density at radius 2 is 2.14 bits per heavy atom. The van der Waals surface area contributed by atoms with Gasteiger partial charge in [0.25, 0.3) is 0 Å². The van der Waals surface area contributed by atoms with E-state index in [9.17, 15) is 9.59 Å². The first kappa shape index (κ1) is 16.5. The minimum absolute atomic E-state index is 0.00882. The van der Waals surface area contributed by atoms with E-state index in [-0.39, 0.29) is 18.4 Å². The summed E-state index contributed by atoms with van der Waals surface area (Å²) in [5.74, 6) is -0.891. The Balaban J connectivity index is 1.96. The molecule has 1 aliphatic rings. The zero-order valence-corrected chi connectivity index (χ0v) is 13.2. The molecule has 2 rings (SSSR count). The lowest BCUT2D eigenvalue weighted by molar-refractivity contribution is -0.146.